The van der Waals surface area contributed by atoms with Gasteiger partial charge in [-0.15, -0.1) is 0 Å². The minimum absolute atomic E-state index is 0.204. The topological polar surface area (TPSA) is 212 Å². The molecule has 1 fully saturated rings. The quantitative estimate of drug-likeness (QED) is 0.0427. The van der Waals surface area contributed by atoms with E-state index in [1.54, 1.807) is 97.1 Å². The summed E-state index contributed by atoms with van der Waals surface area (Å²) in [4.78, 5) is 77.8. The molecule has 4 aromatic carbocycles. The number of hydrogen-bond acceptors (Lipinski definition) is 12. The molecule has 0 radical (unpaired) electrons. The maximum Gasteiger partial charge on any atom is 0.258 e. The minimum atomic E-state index is -1.38. The Hall–Kier alpha value is -6.78. The van der Waals surface area contributed by atoms with E-state index in [0.717, 1.165) is 63.2 Å². The molecular weight excluding hydrogens is 779 g/mol. The Labute approximate surface area is 354 Å². The van der Waals surface area contributed by atoms with Gasteiger partial charge in [-0.3, -0.25) is 33.7 Å². The molecule has 0 spiro atoms. The van der Waals surface area contributed by atoms with Crippen LogP contribution in [0.25, 0.3) is 11.1 Å². The lowest BCUT2D eigenvalue weighted by molar-refractivity contribution is -0.127. The predicted molar refractivity (Wildman–Crippen MR) is 231 cm³/mol. The summed E-state index contributed by atoms with van der Waals surface area (Å²) in [6, 6.07) is 24.0. The van der Waals surface area contributed by atoms with E-state index in [1.165, 1.54) is 13.8 Å². The Morgan fingerprint density at radius 2 is 1.00 bits per heavy atom. The van der Waals surface area contributed by atoms with Crippen LogP contribution in [-0.4, -0.2) is 98.1 Å². The lowest BCUT2D eigenvalue weighted by Crippen LogP contribution is -2.38. The lowest BCUT2D eigenvalue weighted by Gasteiger charge is -2.26. The second-order valence-corrected chi connectivity index (χ2v) is 14.4. The van der Waals surface area contributed by atoms with E-state index in [0.29, 0.717) is 47.0 Å². The molecule has 0 saturated carbocycles. The number of amides is 4. The molecule has 61 heavy (non-hydrogen) atoms. The van der Waals surface area contributed by atoms with E-state index in [2.05, 4.69) is 46.6 Å². The number of Topliss-reactive ketones (excluding diaryl/α,β-unsaturated/α-hetero) is 2. The number of anilines is 2. The van der Waals surface area contributed by atoms with Gasteiger partial charge in [-0.25, -0.2) is 0 Å². The Balaban J connectivity index is 1.10. The molecule has 2 atom stereocenters. The van der Waals surface area contributed by atoms with Gasteiger partial charge >= 0.3 is 0 Å². The third-order valence-corrected chi connectivity index (χ3v) is 9.60. The van der Waals surface area contributed by atoms with Gasteiger partial charge in [0.1, 0.15) is 0 Å². The summed E-state index contributed by atoms with van der Waals surface area (Å²) in [6.45, 7) is 9.83. The van der Waals surface area contributed by atoms with Crippen molar-refractivity contribution in [1.29, 1.82) is 0 Å². The van der Waals surface area contributed by atoms with Crippen molar-refractivity contribution in [2.75, 3.05) is 56.6 Å². The van der Waals surface area contributed by atoms with Crippen LogP contribution in [-0.2, 0) is 23.9 Å². The van der Waals surface area contributed by atoms with E-state index in [4.69, 9.17) is 4.74 Å². The number of morpholine rings is 1. The molecular formula is C45H51N9O7. The van der Waals surface area contributed by atoms with Crippen molar-refractivity contribution in [3.05, 3.63) is 108 Å². The largest absolute Gasteiger partial charge is 0.379 e. The average molecular weight is 830 g/mol. The molecule has 1 heterocycles. The third-order valence-electron chi connectivity index (χ3n) is 9.60. The first-order chi connectivity index (χ1) is 29.5. The summed E-state index contributed by atoms with van der Waals surface area (Å²) in [7, 11) is 0. The molecule has 4 amide bonds. The number of nitrogens with zero attached hydrogens (tertiary/aromatic N) is 5. The molecule has 16 heteroatoms. The number of nitrogens with one attached hydrogen (secondary N) is 4. The van der Waals surface area contributed by atoms with Gasteiger partial charge in [0.2, 0.25) is 12.1 Å². The number of carbonyl (C=O) groups is 6. The number of rotatable bonds is 20. The fourth-order valence-corrected chi connectivity index (χ4v) is 6.07. The highest BCUT2D eigenvalue weighted by atomic mass is 16.5. The summed E-state index contributed by atoms with van der Waals surface area (Å²) in [6.07, 6.45) is 2.67. The Kier molecular flexibility index (Phi) is 17.2. The van der Waals surface area contributed by atoms with Gasteiger partial charge in [0.15, 0.2) is 11.6 Å². The van der Waals surface area contributed by atoms with Crippen LogP contribution in [0.5, 0.6) is 0 Å². The molecule has 0 bridgehead atoms. The van der Waals surface area contributed by atoms with Crippen molar-refractivity contribution in [1.82, 2.24) is 15.5 Å². The smallest absolute Gasteiger partial charge is 0.258 e. The molecule has 5 rings (SSSR count). The van der Waals surface area contributed by atoms with Gasteiger partial charge in [0.05, 0.1) is 24.6 Å². The monoisotopic (exact) mass is 829 g/mol. The van der Waals surface area contributed by atoms with Gasteiger partial charge in [0.25, 0.3) is 23.6 Å². The summed E-state index contributed by atoms with van der Waals surface area (Å²) >= 11 is 0. The number of ketones is 2. The molecule has 2 unspecified atom stereocenters. The Morgan fingerprint density at radius 3 is 1.39 bits per heavy atom. The summed E-state index contributed by atoms with van der Waals surface area (Å²) in [5, 5.41) is 27.4. The van der Waals surface area contributed by atoms with Gasteiger partial charge in [0, 0.05) is 48.7 Å². The van der Waals surface area contributed by atoms with Gasteiger partial charge in [-0.2, -0.15) is 20.5 Å². The van der Waals surface area contributed by atoms with E-state index in [9.17, 15) is 28.8 Å². The zero-order chi connectivity index (χ0) is 43.6. The molecule has 4 N–H and O–H groups in total. The fourth-order valence-electron chi connectivity index (χ4n) is 6.07. The van der Waals surface area contributed by atoms with Crippen LogP contribution in [0.2, 0.25) is 0 Å². The SMILES string of the molecule is CCCCNC(=O)c1ccc(NC(=O)C(N=Nc2ccc(-c3ccc(N=NC(C(C)=O)C(=O)Nc4ccc(C(=O)NCCCN5CCOCC5)cc4)cc3)cc2)C(C)=O)cc1. The molecule has 1 saturated heterocycles. The van der Waals surface area contributed by atoms with E-state index in [1.807, 2.05) is 6.92 Å². The molecule has 16 nitrogen and oxygen atoms in total. The average Bonchev–Trinajstić information content (AvgIpc) is 3.26. The van der Waals surface area contributed by atoms with Crippen molar-refractivity contribution in [3.8, 4) is 11.1 Å². The maximum absolute atomic E-state index is 13.0. The number of ether oxygens (including phenoxy) is 1. The van der Waals surface area contributed by atoms with Crippen molar-refractivity contribution >= 4 is 57.9 Å². The second-order valence-electron chi connectivity index (χ2n) is 14.4. The highest BCUT2D eigenvalue weighted by Crippen LogP contribution is 2.26. The normalized spacial score (nSPS) is 14.0. The molecule has 4 aromatic rings. The number of hydrogen-bond donors (Lipinski definition) is 4. The van der Waals surface area contributed by atoms with Crippen LogP contribution in [0.1, 0.15) is 60.7 Å². The number of carbonyl (C=O) groups excluding carboxylic acids is 6. The van der Waals surface area contributed by atoms with Crippen LogP contribution >= 0.6 is 0 Å². The van der Waals surface area contributed by atoms with Crippen molar-refractivity contribution in [2.45, 2.75) is 52.1 Å². The zero-order valence-corrected chi connectivity index (χ0v) is 34.6. The third kappa shape index (κ3) is 14.2. The highest BCUT2D eigenvalue weighted by molar-refractivity contribution is 6.11. The zero-order valence-electron chi connectivity index (χ0n) is 34.6. The van der Waals surface area contributed by atoms with Crippen LogP contribution in [0.15, 0.2) is 118 Å². The Morgan fingerprint density at radius 1 is 0.590 bits per heavy atom. The lowest BCUT2D eigenvalue weighted by atomic mass is 10.1. The highest BCUT2D eigenvalue weighted by Gasteiger charge is 2.24. The summed E-state index contributed by atoms with van der Waals surface area (Å²) in [5.74, 6) is -2.71. The molecule has 0 aliphatic carbocycles. The first-order valence-electron chi connectivity index (χ1n) is 20.2. The standard InChI is InChI=1S/C45H51N9O7/c1-4-5-23-46-42(57)34-11-15-36(16-12-34)48-44(59)40(30(2)55)52-50-38-19-7-32(8-20-38)33-9-21-39(22-10-33)51-53-41(31(3)56)45(60)49-37-17-13-35(14-18-37)43(58)47-24-6-25-54-26-28-61-29-27-54/h7-22,40-41H,4-6,23-29H2,1-3H3,(H,46,57)(H,47,58)(H,48,59)(H,49,60). The predicted octanol–water partition coefficient (Wildman–Crippen LogP) is 6.70. The van der Waals surface area contributed by atoms with Gasteiger partial charge < -0.3 is 26.0 Å². The van der Waals surface area contributed by atoms with Crippen LogP contribution < -0.4 is 21.3 Å². The van der Waals surface area contributed by atoms with Crippen LogP contribution in [0.4, 0.5) is 22.7 Å². The molecule has 1 aliphatic rings. The number of benzene rings is 4. The van der Waals surface area contributed by atoms with Gasteiger partial charge in [-0.05, 0) is 117 Å². The van der Waals surface area contributed by atoms with E-state index >= 15 is 0 Å². The van der Waals surface area contributed by atoms with Crippen LogP contribution in [0, 0.1) is 0 Å². The summed E-state index contributed by atoms with van der Waals surface area (Å²) < 4.78 is 5.36. The Bertz CT molecular complexity index is 2190. The van der Waals surface area contributed by atoms with Crippen molar-refractivity contribution in [3.63, 3.8) is 0 Å². The molecule has 318 valence electrons. The first kappa shape index (κ1) is 45.3. The number of azo groups is 2. The van der Waals surface area contributed by atoms with Gasteiger partial charge in [-0.1, -0.05) is 37.6 Å². The van der Waals surface area contributed by atoms with E-state index < -0.39 is 35.5 Å². The molecule has 0 aromatic heterocycles. The van der Waals surface area contributed by atoms with Crippen molar-refractivity contribution in [2.24, 2.45) is 20.5 Å². The number of unbranched alkanes of at least 4 members (excludes halogenated alkanes) is 1. The first-order valence-corrected chi connectivity index (χ1v) is 20.2. The second kappa shape index (κ2) is 23.1. The van der Waals surface area contributed by atoms with E-state index in [-0.39, 0.29) is 11.8 Å². The summed E-state index contributed by atoms with van der Waals surface area (Å²) in [5.41, 5.74) is 4.22. The fraction of sp³-hybridized carbons (Fsp3) is 0.333. The van der Waals surface area contributed by atoms with Crippen molar-refractivity contribution < 1.29 is 33.5 Å². The van der Waals surface area contributed by atoms with Crippen LogP contribution in [0.3, 0.4) is 0 Å². The minimum Gasteiger partial charge on any atom is -0.379 e. The molecule has 1 aliphatic heterocycles. The maximum atomic E-state index is 13.0.